The molecule has 1 aliphatic heterocycles. The third kappa shape index (κ3) is 3.02. The number of nitrogens with zero attached hydrogens (tertiary/aromatic N) is 2. The van der Waals surface area contributed by atoms with Crippen LogP contribution in [0, 0.1) is 6.92 Å². The maximum atomic E-state index is 5.75. The van der Waals surface area contributed by atoms with Crippen molar-refractivity contribution in [3.05, 3.63) is 81.8 Å². The Labute approximate surface area is 163 Å². The fraction of sp³-hybridized carbons (Fsp3) is 0.238. The molecule has 26 heavy (non-hydrogen) atoms. The summed E-state index contributed by atoms with van der Waals surface area (Å²) in [7, 11) is 0. The molecule has 1 aromatic carbocycles. The van der Waals surface area contributed by atoms with Crippen molar-refractivity contribution < 1.29 is 0 Å². The van der Waals surface area contributed by atoms with Crippen molar-refractivity contribution in [3.8, 4) is 0 Å². The van der Waals surface area contributed by atoms with Gasteiger partial charge in [0.05, 0.1) is 17.8 Å². The number of pyridine rings is 1. The number of aromatic nitrogens is 1. The molecule has 5 heteroatoms. The molecule has 4 rings (SSSR count). The van der Waals surface area contributed by atoms with Gasteiger partial charge in [0.15, 0.2) is 5.11 Å². The van der Waals surface area contributed by atoms with Crippen molar-refractivity contribution in [1.82, 2.24) is 10.3 Å². The van der Waals surface area contributed by atoms with Crippen LogP contribution < -0.4 is 10.2 Å². The van der Waals surface area contributed by atoms with Crippen LogP contribution in [0.3, 0.4) is 0 Å². The molecule has 3 nitrogen and oxygen atoms in total. The maximum Gasteiger partial charge on any atom is 0.174 e. The molecule has 0 unspecified atom stereocenters. The van der Waals surface area contributed by atoms with E-state index in [0.717, 1.165) is 22.9 Å². The summed E-state index contributed by atoms with van der Waals surface area (Å²) in [6.07, 6.45) is 2.88. The molecule has 0 aliphatic carbocycles. The Morgan fingerprint density at radius 3 is 2.58 bits per heavy atom. The van der Waals surface area contributed by atoms with E-state index < -0.39 is 0 Å². The molecule has 3 heterocycles. The van der Waals surface area contributed by atoms with Gasteiger partial charge in [-0.05, 0) is 72.4 Å². The van der Waals surface area contributed by atoms with Gasteiger partial charge in [0, 0.05) is 16.8 Å². The van der Waals surface area contributed by atoms with Crippen LogP contribution in [0.25, 0.3) is 0 Å². The molecule has 0 spiro atoms. The van der Waals surface area contributed by atoms with Gasteiger partial charge in [-0.2, -0.15) is 0 Å². The van der Waals surface area contributed by atoms with Gasteiger partial charge in [0.1, 0.15) is 0 Å². The van der Waals surface area contributed by atoms with Crippen molar-refractivity contribution in [1.29, 1.82) is 0 Å². The van der Waals surface area contributed by atoms with Crippen molar-refractivity contribution in [2.75, 3.05) is 4.90 Å². The second kappa shape index (κ2) is 7.17. The molecule has 2 atom stereocenters. The Balaban J connectivity index is 1.81. The molecule has 0 amide bonds. The summed E-state index contributed by atoms with van der Waals surface area (Å²) in [5, 5.41) is 6.42. The first-order valence-corrected chi connectivity index (χ1v) is 10.1. The van der Waals surface area contributed by atoms with Crippen molar-refractivity contribution >= 4 is 34.4 Å². The molecule has 1 saturated heterocycles. The Bertz CT molecular complexity index is 903. The summed E-state index contributed by atoms with van der Waals surface area (Å²) in [5.41, 5.74) is 4.76. The smallest absolute Gasteiger partial charge is 0.174 e. The molecule has 3 aromatic rings. The predicted molar refractivity (Wildman–Crippen MR) is 113 cm³/mol. The molecule has 132 valence electrons. The van der Waals surface area contributed by atoms with E-state index >= 15 is 0 Å². The lowest BCUT2D eigenvalue weighted by Crippen LogP contribution is -2.29. The van der Waals surface area contributed by atoms with Gasteiger partial charge in [0.2, 0.25) is 0 Å². The van der Waals surface area contributed by atoms with E-state index in [4.69, 9.17) is 12.2 Å². The zero-order valence-electron chi connectivity index (χ0n) is 14.8. The highest BCUT2D eigenvalue weighted by molar-refractivity contribution is 7.80. The van der Waals surface area contributed by atoms with Crippen LogP contribution in [-0.4, -0.2) is 10.1 Å². The number of anilines is 1. The van der Waals surface area contributed by atoms with Crippen LogP contribution in [-0.2, 0) is 6.42 Å². The quantitative estimate of drug-likeness (QED) is 0.631. The molecule has 2 aromatic heterocycles. The fourth-order valence-corrected chi connectivity index (χ4v) is 4.88. The average Bonchev–Trinajstić information content (AvgIpc) is 3.25. The standard InChI is InChI=1S/C21H21N3S2/c1-3-15-7-9-16(10-8-15)24-19(20-14(2)11-13-26-20)18(23-21(24)25)17-6-4-5-12-22-17/h4-13,18-19H,3H2,1-2H3,(H,23,25)/t18-,19+/m0/s1. The number of hydrogen-bond donors (Lipinski definition) is 1. The number of aryl methyl sites for hydroxylation is 2. The third-order valence-electron chi connectivity index (χ3n) is 4.89. The van der Waals surface area contributed by atoms with Crippen LogP contribution in [0.2, 0.25) is 0 Å². The summed E-state index contributed by atoms with van der Waals surface area (Å²) < 4.78 is 0. The van der Waals surface area contributed by atoms with Crippen molar-refractivity contribution in [2.24, 2.45) is 0 Å². The van der Waals surface area contributed by atoms with Crippen LogP contribution in [0.1, 0.15) is 40.7 Å². The van der Waals surface area contributed by atoms with Gasteiger partial charge in [-0.1, -0.05) is 25.1 Å². The van der Waals surface area contributed by atoms with E-state index in [2.05, 4.69) is 70.8 Å². The van der Waals surface area contributed by atoms with Gasteiger partial charge < -0.3 is 10.2 Å². The van der Waals surface area contributed by atoms with Crippen LogP contribution in [0.4, 0.5) is 5.69 Å². The Hall–Kier alpha value is -2.24. The molecular weight excluding hydrogens is 358 g/mol. The van der Waals surface area contributed by atoms with Gasteiger partial charge >= 0.3 is 0 Å². The monoisotopic (exact) mass is 379 g/mol. The maximum absolute atomic E-state index is 5.75. The number of rotatable bonds is 4. The lowest BCUT2D eigenvalue weighted by molar-refractivity contribution is 0.573. The van der Waals surface area contributed by atoms with Gasteiger partial charge in [0.25, 0.3) is 0 Å². The van der Waals surface area contributed by atoms with Crippen molar-refractivity contribution in [3.63, 3.8) is 0 Å². The van der Waals surface area contributed by atoms with E-state index in [1.54, 1.807) is 11.3 Å². The fourth-order valence-electron chi connectivity index (χ4n) is 3.48. The molecule has 0 bridgehead atoms. The average molecular weight is 380 g/mol. The summed E-state index contributed by atoms with van der Waals surface area (Å²) >= 11 is 7.53. The minimum Gasteiger partial charge on any atom is -0.351 e. The number of hydrogen-bond acceptors (Lipinski definition) is 3. The summed E-state index contributed by atoms with van der Waals surface area (Å²) in [4.78, 5) is 8.17. The second-order valence-electron chi connectivity index (χ2n) is 6.48. The number of thiophene rings is 1. The largest absolute Gasteiger partial charge is 0.351 e. The third-order valence-corrected chi connectivity index (χ3v) is 6.30. The minimum atomic E-state index is 0.0342. The highest BCUT2D eigenvalue weighted by Crippen LogP contribution is 2.44. The topological polar surface area (TPSA) is 28.2 Å². The number of nitrogens with one attached hydrogen (secondary N) is 1. The zero-order chi connectivity index (χ0) is 18.1. The first-order chi connectivity index (χ1) is 12.7. The highest BCUT2D eigenvalue weighted by atomic mass is 32.1. The second-order valence-corrected chi connectivity index (χ2v) is 7.82. The van der Waals surface area contributed by atoms with E-state index in [1.807, 2.05) is 18.3 Å². The van der Waals surface area contributed by atoms with Crippen LogP contribution >= 0.6 is 23.6 Å². The normalized spacial score (nSPS) is 19.6. The summed E-state index contributed by atoms with van der Waals surface area (Å²) in [6.45, 7) is 4.34. The van der Waals surface area contributed by atoms with Gasteiger partial charge in [-0.15, -0.1) is 11.3 Å². The number of benzene rings is 1. The molecular formula is C21H21N3S2. The minimum absolute atomic E-state index is 0.0342. The first kappa shape index (κ1) is 17.2. The SMILES string of the molecule is CCc1ccc(N2C(=S)N[C@@H](c3ccccn3)[C@@H]2c2sccc2C)cc1. The van der Waals surface area contributed by atoms with Crippen molar-refractivity contribution in [2.45, 2.75) is 32.4 Å². The highest BCUT2D eigenvalue weighted by Gasteiger charge is 2.41. The summed E-state index contributed by atoms with van der Waals surface area (Å²) in [6, 6.07) is 17.1. The lowest BCUT2D eigenvalue weighted by atomic mass is 10.0. The lowest BCUT2D eigenvalue weighted by Gasteiger charge is -2.27. The Morgan fingerprint density at radius 1 is 1.15 bits per heavy atom. The number of thiocarbonyl (C=S) groups is 1. The summed E-state index contributed by atoms with van der Waals surface area (Å²) in [5.74, 6) is 0. The van der Waals surface area contributed by atoms with E-state index in [0.29, 0.717) is 0 Å². The van der Waals surface area contributed by atoms with Crippen LogP contribution in [0.15, 0.2) is 60.1 Å². The molecule has 1 fully saturated rings. The van der Waals surface area contributed by atoms with Gasteiger partial charge in [-0.3, -0.25) is 4.98 Å². The molecule has 0 saturated carbocycles. The van der Waals surface area contributed by atoms with E-state index in [9.17, 15) is 0 Å². The first-order valence-electron chi connectivity index (χ1n) is 8.82. The molecule has 0 radical (unpaired) electrons. The van der Waals surface area contributed by atoms with E-state index in [1.165, 1.54) is 16.0 Å². The van der Waals surface area contributed by atoms with Gasteiger partial charge in [-0.25, -0.2) is 0 Å². The molecule has 1 N–H and O–H groups in total. The van der Waals surface area contributed by atoms with Crippen LogP contribution in [0.5, 0.6) is 0 Å². The Morgan fingerprint density at radius 2 is 1.96 bits per heavy atom. The Kier molecular flexibility index (Phi) is 4.74. The zero-order valence-corrected chi connectivity index (χ0v) is 16.5. The predicted octanol–water partition coefficient (Wildman–Crippen LogP) is 5.19. The van der Waals surface area contributed by atoms with E-state index in [-0.39, 0.29) is 12.1 Å². The molecule has 1 aliphatic rings.